The Kier molecular flexibility index (Phi) is 5.69. The Labute approximate surface area is 181 Å². The van der Waals surface area contributed by atoms with E-state index >= 15 is 0 Å². The molecule has 2 aromatic carbocycles. The van der Waals surface area contributed by atoms with E-state index in [0.29, 0.717) is 13.0 Å². The van der Waals surface area contributed by atoms with Crippen molar-refractivity contribution in [3.63, 3.8) is 0 Å². The molecule has 0 spiro atoms. The molecular weight excluding hydrogens is 394 g/mol. The lowest BCUT2D eigenvalue weighted by atomic mass is 9.87. The van der Waals surface area contributed by atoms with Gasteiger partial charge in [0.05, 0.1) is 6.54 Å². The largest absolute Gasteiger partial charge is 0.462 e. The monoisotopic (exact) mass is 421 g/mol. The quantitative estimate of drug-likeness (QED) is 0.537. The van der Waals surface area contributed by atoms with E-state index in [1.807, 2.05) is 25.1 Å². The average Bonchev–Trinajstić information content (AvgIpc) is 3.24. The summed E-state index contributed by atoms with van der Waals surface area (Å²) in [6.07, 6.45) is 0.641. The number of aromatic nitrogens is 3. The summed E-state index contributed by atoms with van der Waals surface area (Å²) in [6, 6.07) is 18.8. The number of carbonyl (C=O) groups is 1. The molecule has 6 heteroatoms. The molecule has 0 aliphatic carbocycles. The van der Waals surface area contributed by atoms with Crippen LogP contribution in [0, 0.1) is 0 Å². The number of ether oxygens (including phenoxy) is 1. The Hall–Kier alpha value is -2.60. The highest BCUT2D eigenvalue weighted by Crippen LogP contribution is 2.34. The van der Waals surface area contributed by atoms with Gasteiger partial charge < -0.3 is 4.74 Å². The molecule has 0 radical (unpaired) electrons. The second-order valence-corrected chi connectivity index (χ2v) is 9.96. The maximum absolute atomic E-state index is 12.2. The van der Waals surface area contributed by atoms with Gasteiger partial charge in [0, 0.05) is 12.0 Å². The number of thioether (sulfide) groups is 1. The van der Waals surface area contributed by atoms with Crippen LogP contribution < -0.4 is 0 Å². The molecule has 0 N–H and O–H groups in total. The van der Waals surface area contributed by atoms with E-state index in [1.54, 1.807) is 0 Å². The van der Waals surface area contributed by atoms with E-state index in [1.165, 1.54) is 17.3 Å². The van der Waals surface area contributed by atoms with Gasteiger partial charge in [0.2, 0.25) is 0 Å². The molecule has 1 aliphatic heterocycles. The lowest BCUT2D eigenvalue weighted by Gasteiger charge is -2.19. The fourth-order valence-electron chi connectivity index (χ4n) is 3.56. The predicted molar refractivity (Wildman–Crippen MR) is 120 cm³/mol. The predicted octanol–water partition coefficient (Wildman–Crippen LogP) is 5.09. The van der Waals surface area contributed by atoms with E-state index in [9.17, 15) is 4.79 Å². The van der Waals surface area contributed by atoms with Gasteiger partial charge in [0.15, 0.2) is 11.0 Å². The maximum Gasteiger partial charge on any atom is 0.319 e. The van der Waals surface area contributed by atoms with E-state index < -0.39 is 0 Å². The lowest BCUT2D eigenvalue weighted by molar-refractivity contribution is -0.140. The van der Waals surface area contributed by atoms with Gasteiger partial charge in [-0.3, -0.25) is 9.36 Å². The van der Waals surface area contributed by atoms with Crippen LogP contribution in [0.25, 0.3) is 11.4 Å². The van der Waals surface area contributed by atoms with Gasteiger partial charge in [-0.1, -0.05) is 87.1 Å². The van der Waals surface area contributed by atoms with E-state index in [-0.39, 0.29) is 22.7 Å². The summed E-state index contributed by atoms with van der Waals surface area (Å²) in [5.41, 5.74) is 3.55. The fraction of sp³-hybridized carbons (Fsp3) is 0.375. The van der Waals surface area contributed by atoms with Crippen molar-refractivity contribution in [1.29, 1.82) is 0 Å². The molecule has 4 rings (SSSR count). The minimum atomic E-state index is -0.241. The first-order chi connectivity index (χ1) is 14.3. The van der Waals surface area contributed by atoms with E-state index in [0.717, 1.165) is 22.1 Å². The summed E-state index contributed by atoms with van der Waals surface area (Å²) in [6.45, 7) is 9.18. The maximum atomic E-state index is 12.2. The van der Waals surface area contributed by atoms with Gasteiger partial charge in [-0.15, -0.1) is 10.2 Å². The molecule has 2 atom stereocenters. The second-order valence-electron chi connectivity index (χ2n) is 8.79. The Morgan fingerprint density at radius 2 is 1.77 bits per heavy atom. The Bertz CT molecular complexity index is 1020. The first-order valence-electron chi connectivity index (χ1n) is 10.3. The summed E-state index contributed by atoms with van der Waals surface area (Å²) in [5, 5.41) is 9.45. The van der Waals surface area contributed by atoms with Gasteiger partial charge in [0.1, 0.15) is 11.4 Å². The number of benzene rings is 2. The molecule has 1 aliphatic rings. The highest BCUT2D eigenvalue weighted by atomic mass is 32.2. The van der Waals surface area contributed by atoms with Crippen LogP contribution in [0.2, 0.25) is 0 Å². The van der Waals surface area contributed by atoms with Gasteiger partial charge in [-0.2, -0.15) is 0 Å². The number of hydrogen-bond acceptors (Lipinski definition) is 5. The zero-order valence-electron chi connectivity index (χ0n) is 17.8. The zero-order valence-corrected chi connectivity index (χ0v) is 18.6. The molecule has 0 unspecified atom stereocenters. The molecule has 156 valence electrons. The first kappa shape index (κ1) is 20.7. The van der Waals surface area contributed by atoms with Crippen molar-refractivity contribution in [2.75, 3.05) is 0 Å². The van der Waals surface area contributed by atoms with Crippen LogP contribution >= 0.6 is 11.8 Å². The molecule has 1 aromatic heterocycles. The number of esters is 1. The van der Waals surface area contributed by atoms with Crippen LogP contribution in [-0.4, -0.2) is 32.1 Å². The highest BCUT2D eigenvalue weighted by Gasteiger charge is 2.34. The highest BCUT2D eigenvalue weighted by molar-refractivity contribution is 8.00. The zero-order chi connectivity index (χ0) is 21.3. The average molecular weight is 422 g/mol. The standard InChI is InChI=1S/C24H27N3O2S/c1-16-14-20(22(28)29-16)30-23-26-25-21(27(23)15-17-8-6-5-7-9-17)18-10-12-19(13-11-18)24(2,3)4/h5-13,16,20H,14-15H2,1-4H3/t16-,20-/m0/s1. The van der Waals surface area contributed by atoms with Crippen LogP contribution in [-0.2, 0) is 21.5 Å². The number of rotatable bonds is 5. The Balaban J connectivity index is 1.69. The molecule has 1 fully saturated rings. The summed E-state index contributed by atoms with van der Waals surface area (Å²) < 4.78 is 7.42. The number of nitrogens with zero attached hydrogens (tertiary/aromatic N) is 3. The summed E-state index contributed by atoms with van der Waals surface area (Å²) in [4.78, 5) is 12.2. The van der Waals surface area contributed by atoms with Crippen molar-refractivity contribution in [3.05, 3.63) is 65.7 Å². The minimum absolute atomic E-state index is 0.0510. The summed E-state index contributed by atoms with van der Waals surface area (Å²) >= 11 is 1.45. The van der Waals surface area contributed by atoms with Gasteiger partial charge >= 0.3 is 5.97 Å². The first-order valence-corrected chi connectivity index (χ1v) is 11.1. The van der Waals surface area contributed by atoms with Gasteiger partial charge in [-0.05, 0) is 23.5 Å². The van der Waals surface area contributed by atoms with Crippen molar-refractivity contribution in [1.82, 2.24) is 14.8 Å². The third-order valence-corrected chi connectivity index (χ3v) is 6.47. The SMILES string of the molecule is C[C@H]1C[C@H](Sc2nnc(-c3ccc(C(C)(C)C)cc3)n2Cc2ccccc2)C(=O)O1. The number of hydrogen-bond donors (Lipinski definition) is 0. The van der Waals surface area contributed by atoms with Crippen LogP contribution in [0.15, 0.2) is 59.8 Å². The van der Waals surface area contributed by atoms with Crippen molar-refractivity contribution < 1.29 is 9.53 Å². The fourth-order valence-corrected chi connectivity index (χ4v) is 4.70. The van der Waals surface area contributed by atoms with Crippen LogP contribution in [0.5, 0.6) is 0 Å². The van der Waals surface area contributed by atoms with Crippen molar-refractivity contribution in [2.24, 2.45) is 0 Å². The molecule has 0 amide bonds. The van der Waals surface area contributed by atoms with Crippen LogP contribution in [0.3, 0.4) is 0 Å². The van der Waals surface area contributed by atoms with Crippen molar-refractivity contribution in [3.8, 4) is 11.4 Å². The minimum Gasteiger partial charge on any atom is -0.462 e. The molecule has 2 heterocycles. The molecule has 0 saturated carbocycles. The van der Waals surface area contributed by atoms with E-state index in [4.69, 9.17) is 4.74 Å². The van der Waals surface area contributed by atoms with E-state index in [2.05, 4.69) is 71.9 Å². The topological polar surface area (TPSA) is 57.0 Å². The van der Waals surface area contributed by atoms with Crippen LogP contribution in [0.1, 0.15) is 45.2 Å². The molecular formula is C24H27N3O2S. The Morgan fingerprint density at radius 3 is 2.37 bits per heavy atom. The number of carbonyl (C=O) groups excluding carboxylic acids is 1. The third kappa shape index (κ3) is 4.43. The smallest absolute Gasteiger partial charge is 0.319 e. The lowest BCUT2D eigenvalue weighted by Crippen LogP contribution is -2.12. The Morgan fingerprint density at radius 1 is 1.07 bits per heavy atom. The normalized spacial score (nSPS) is 19.1. The molecule has 1 saturated heterocycles. The second kappa shape index (κ2) is 8.26. The number of cyclic esters (lactones) is 1. The molecule has 3 aromatic rings. The molecule has 5 nitrogen and oxygen atoms in total. The van der Waals surface area contributed by atoms with Crippen molar-refractivity contribution >= 4 is 17.7 Å². The van der Waals surface area contributed by atoms with Gasteiger partial charge in [-0.25, -0.2) is 0 Å². The third-order valence-electron chi connectivity index (χ3n) is 5.28. The molecule has 30 heavy (non-hydrogen) atoms. The van der Waals surface area contributed by atoms with Crippen molar-refractivity contribution in [2.45, 2.75) is 62.6 Å². The molecule has 0 bridgehead atoms. The summed E-state index contributed by atoms with van der Waals surface area (Å²) in [5.74, 6) is 0.638. The van der Waals surface area contributed by atoms with Gasteiger partial charge in [0.25, 0.3) is 0 Å². The summed E-state index contributed by atoms with van der Waals surface area (Å²) in [7, 11) is 0. The van der Waals surface area contributed by atoms with Crippen LogP contribution in [0.4, 0.5) is 0 Å².